The summed E-state index contributed by atoms with van der Waals surface area (Å²) >= 11 is 0. The average molecular weight is 537 g/mol. The van der Waals surface area contributed by atoms with Crippen LogP contribution in [0.2, 0.25) is 0 Å². The fraction of sp³-hybridized carbons (Fsp3) is 0.581. The quantitative estimate of drug-likeness (QED) is 0.499. The molecular weight excluding hydrogens is 500 g/mol. The fourth-order valence-corrected chi connectivity index (χ4v) is 8.53. The Kier molecular flexibility index (Phi) is 6.02. The molecule has 0 spiro atoms. The smallest absolute Gasteiger partial charge is 0.191 e. The number of allylic oxidation sites excluding steroid dienone is 2. The molecule has 208 valence electrons. The lowest BCUT2D eigenvalue weighted by molar-refractivity contribution is -0.240. The molecule has 0 amide bonds. The highest BCUT2D eigenvalue weighted by atomic mass is 16.3. The minimum Gasteiger partial charge on any atom is -0.507 e. The topological polar surface area (TPSA) is 146 Å². The number of Topliss-reactive ketones (excluding diaryl/α,β-unsaturated/α-hetero) is 5. The number of aliphatic hydroxyl groups excluding tert-OH is 1. The van der Waals surface area contributed by atoms with E-state index < -0.39 is 81.0 Å². The van der Waals surface area contributed by atoms with Crippen LogP contribution in [0.25, 0.3) is 5.57 Å². The monoisotopic (exact) mass is 536 g/mol. The first-order chi connectivity index (χ1) is 18.1. The van der Waals surface area contributed by atoms with Gasteiger partial charge >= 0.3 is 0 Å². The highest BCUT2D eigenvalue weighted by molar-refractivity contribution is 6.33. The van der Waals surface area contributed by atoms with E-state index in [-0.39, 0.29) is 11.3 Å². The first-order valence-corrected chi connectivity index (χ1v) is 13.7. The molecule has 0 radical (unpaired) electrons. The number of carbonyl (C=O) groups is 5. The Morgan fingerprint density at radius 3 is 2.26 bits per heavy atom. The molecule has 0 aromatic heterocycles. The van der Waals surface area contributed by atoms with E-state index in [1.54, 1.807) is 39.8 Å². The molecule has 1 aromatic rings. The van der Waals surface area contributed by atoms with Gasteiger partial charge in [0.25, 0.3) is 0 Å². The summed E-state index contributed by atoms with van der Waals surface area (Å²) in [7, 11) is 0. The summed E-state index contributed by atoms with van der Waals surface area (Å²) < 4.78 is 0. The van der Waals surface area contributed by atoms with Crippen LogP contribution in [0.4, 0.5) is 0 Å². The van der Waals surface area contributed by atoms with Crippen LogP contribution in [0.5, 0.6) is 5.75 Å². The fourth-order valence-electron chi connectivity index (χ4n) is 8.53. The molecule has 3 N–H and O–H groups in total. The van der Waals surface area contributed by atoms with Crippen molar-refractivity contribution in [3.05, 3.63) is 34.9 Å². The first kappa shape index (κ1) is 27.6. The molecular formula is C31H36O8. The van der Waals surface area contributed by atoms with Crippen LogP contribution < -0.4 is 0 Å². The molecule has 0 heterocycles. The average Bonchev–Trinajstić information content (AvgIpc) is 3.38. The highest BCUT2D eigenvalue weighted by Gasteiger charge is 2.80. The van der Waals surface area contributed by atoms with Gasteiger partial charge in [0, 0.05) is 22.3 Å². The van der Waals surface area contributed by atoms with Gasteiger partial charge in [-0.25, -0.2) is 0 Å². The van der Waals surface area contributed by atoms with Crippen molar-refractivity contribution in [2.75, 3.05) is 0 Å². The lowest BCUT2D eigenvalue weighted by atomic mass is 9.37. The Morgan fingerprint density at radius 2 is 1.72 bits per heavy atom. The van der Waals surface area contributed by atoms with Crippen molar-refractivity contribution < 1.29 is 39.3 Å². The Balaban J connectivity index is 1.78. The predicted octanol–water partition coefficient (Wildman–Crippen LogP) is 3.19. The number of aliphatic hydroxyl groups is 2. The van der Waals surface area contributed by atoms with E-state index in [1.807, 2.05) is 6.08 Å². The van der Waals surface area contributed by atoms with Crippen molar-refractivity contribution in [1.29, 1.82) is 0 Å². The van der Waals surface area contributed by atoms with E-state index in [1.165, 1.54) is 6.92 Å². The van der Waals surface area contributed by atoms with Crippen LogP contribution in [-0.4, -0.2) is 55.9 Å². The predicted molar refractivity (Wildman–Crippen MR) is 141 cm³/mol. The lowest BCUT2D eigenvalue weighted by Gasteiger charge is -2.65. The van der Waals surface area contributed by atoms with Crippen LogP contribution in [0.15, 0.2) is 18.2 Å². The van der Waals surface area contributed by atoms with E-state index in [0.717, 1.165) is 31.8 Å². The van der Waals surface area contributed by atoms with E-state index >= 15 is 0 Å². The van der Waals surface area contributed by atoms with Gasteiger partial charge < -0.3 is 15.3 Å². The molecule has 2 fully saturated rings. The Morgan fingerprint density at radius 1 is 1.08 bits per heavy atom. The van der Waals surface area contributed by atoms with Gasteiger partial charge in [-0.05, 0) is 49.2 Å². The maximum Gasteiger partial charge on any atom is 0.191 e. The zero-order chi connectivity index (χ0) is 29.0. The summed E-state index contributed by atoms with van der Waals surface area (Å²) in [4.78, 5) is 68.5. The van der Waals surface area contributed by atoms with Crippen molar-refractivity contribution in [3.63, 3.8) is 0 Å². The highest BCUT2D eigenvalue weighted by Crippen LogP contribution is 2.66. The number of hydrogen-bond acceptors (Lipinski definition) is 8. The maximum absolute atomic E-state index is 14.4. The van der Waals surface area contributed by atoms with E-state index in [2.05, 4.69) is 0 Å². The van der Waals surface area contributed by atoms with Gasteiger partial charge in [0.05, 0.1) is 17.6 Å². The molecule has 39 heavy (non-hydrogen) atoms. The zero-order valence-corrected chi connectivity index (χ0v) is 23.2. The van der Waals surface area contributed by atoms with E-state index in [4.69, 9.17) is 0 Å². The molecule has 0 bridgehead atoms. The van der Waals surface area contributed by atoms with Gasteiger partial charge in [0.1, 0.15) is 17.5 Å². The number of hydrogen-bond donors (Lipinski definition) is 3. The molecule has 5 rings (SSSR count). The van der Waals surface area contributed by atoms with Gasteiger partial charge in [-0.2, -0.15) is 0 Å². The summed E-state index contributed by atoms with van der Waals surface area (Å²) in [6, 6.07) is 3.48. The number of phenolic OH excluding ortho intramolecular Hbond substituents is 1. The molecule has 0 saturated heterocycles. The van der Waals surface area contributed by atoms with E-state index in [0.29, 0.717) is 11.1 Å². The Labute approximate surface area is 227 Å². The summed E-state index contributed by atoms with van der Waals surface area (Å²) in [6.45, 7) is 9.08. The SMILES string of the molecule is CC(=O)C1C(=O)C(C(C)C)[C@@]2(C)[C@H](O)[C@]3(C)C(C(=O)c4c(ccc(C5=CCCC5)c4O)[C@H]3C)C(=O)[C@@]2(O)C1=O. The van der Waals surface area contributed by atoms with Gasteiger partial charge in [0.2, 0.25) is 0 Å². The third kappa shape index (κ3) is 3.05. The van der Waals surface area contributed by atoms with Crippen LogP contribution in [0.3, 0.4) is 0 Å². The number of carbonyl (C=O) groups excluding carboxylic acids is 5. The second-order valence-corrected chi connectivity index (χ2v) is 12.7. The van der Waals surface area contributed by atoms with E-state index in [9.17, 15) is 39.3 Å². The number of ketones is 5. The largest absolute Gasteiger partial charge is 0.507 e. The van der Waals surface area contributed by atoms with Crippen molar-refractivity contribution in [2.45, 2.75) is 78.4 Å². The van der Waals surface area contributed by atoms with Gasteiger partial charge in [-0.15, -0.1) is 0 Å². The number of benzene rings is 1. The lowest BCUT2D eigenvalue weighted by Crippen LogP contribution is -2.81. The van der Waals surface area contributed by atoms with Crippen LogP contribution in [0.1, 0.15) is 88.2 Å². The minimum atomic E-state index is -2.95. The standard InChI is InChI=1S/C31H36O8/c1-13(2)21-24(34)19(15(4)32)26(36)31(39)27(37)22-25(35)20-17(14(3)29(22,5)28(38)30(21,31)6)11-12-18(23(20)33)16-9-7-8-10-16/h9,11-14,19,21-22,28,33,38-39H,7-8,10H2,1-6H3/t14-,19?,21?,22?,28-,29+,30+,31+/m1/s1. The zero-order valence-electron chi connectivity index (χ0n) is 23.2. The van der Waals surface area contributed by atoms with Gasteiger partial charge in [-0.3, -0.25) is 24.0 Å². The minimum absolute atomic E-state index is 0.0501. The molecule has 4 aliphatic carbocycles. The Hall–Kier alpha value is -2.97. The van der Waals surface area contributed by atoms with Crippen molar-refractivity contribution in [1.82, 2.24) is 0 Å². The molecule has 2 saturated carbocycles. The van der Waals surface area contributed by atoms with Crippen LogP contribution >= 0.6 is 0 Å². The summed E-state index contributed by atoms with van der Waals surface area (Å²) in [5.74, 6) is -10.9. The second-order valence-electron chi connectivity index (χ2n) is 12.7. The third-order valence-corrected chi connectivity index (χ3v) is 10.6. The summed E-state index contributed by atoms with van der Waals surface area (Å²) in [6.07, 6.45) is 2.85. The normalized spacial score (nSPS) is 39.8. The van der Waals surface area contributed by atoms with Crippen LogP contribution in [-0.2, 0) is 19.2 Å². The number of fused-ring (bicyclic) bond motifs is 3. The summed E-state index contributed by atoms with van der Waals surface area (Å²) in [5.41, 5.74) is -4.66. The van der Waals surface area contributed by atoms with Crippen LogP contribution in [0, 0.1) is 34.5 Å². The molecule has 4 aliphatic rings. The number of aromatic hydroxyl groups is 1. The van der Waals surface area contributed by atoms with Gasteiger partial charge in [0.15, 0.2) is 28.7 Å². The molecule has 0 aliphatic heterocycles. The summed E-state index contributed by atoms with van der Waals surface area (Å²) in [5, 5.41) is 35.6. The third-order valence-electron chi connectivity index (χ3n) is 10.6. The first-order valence-electron chi connectivity index (χ1n) is 13.7. The van der Waals surface area contributed by atoms with Crippen molar-refractivity contribution in [3.8, 4) is 5.75 Å². The van der Waals surface area contributed by atoms with Crippen molar-refractivity contribution >= 4 is 34.5 Å². The number of phenols is 1. The second kappa shape index (κ2) is 8.51. The Bertz CT molecular complexity index is 1390. The number of rotatable bonds is 3. The molecule has 8 heteroatoms. The maximum atomic E-state index is 14.4. The molecule has 1 aromatic carbocycles. The van der Waals surface area contributed by atoms with Gasteiger partial charge in [-0.1, -0.05) is 52.8 Å². The molecule has 8 atom stereocenters. The molecule has 3 unspecified atom stereocenters. The molecule has 8 nitrogen and oxygen atoms in total. The van der Waals surface area contributed by atoms with Crippen molar-refractivity contribution in [2.24, 2.45) is 34.5 Å².